The summed E-state index contributed by atoms with van der Waals surface area (Å²) < 4.78 is 18.9. The Morgan fingerprint density at radius 1 is 1.42 bits per heavy atom. The van der Waals surface area contributed by atoms with Gasteiger partial charge in [-0.25, -0.2) is 4.39 Å². The zero-order valence-corrected chi connectivity index (χ0v) is 11.8. The molecule has 0 aliphatic rings. The predicted molar refractivity (Wildman–Crippen MR) is 72.9 cm³/mol. The van der Waals surface area contributed by atoms with Crippen LogP contribution in [0.3, 0.4) is 0 Å². The van der Waals surface area contributed by atoms with Crippen molar-refractivity contribution in [2.45, 2.75) is 6.42 Å². The van der Waals surface area contributed by atoms with E-state index in [1.54, 1.807) is 12.1 Å². The fraction of sp³-hybridized carbons (Fsp3) is 0.143. The lowest BCUT2D eigenvalue weighted by Gasteiger charge is -2.07. The molecule has 1 heterocycles. The second-order valence-electron chi connectivity index (χ2n) is 3.95. The van der Waals surface area contributed by atoms with E-state index in [9.17, 15) is 9.18 Å². The van der Waals surface area contributed by atoms with E-state index in [4.69, 9.17) is 4.74 Å². The molecule has 98 valence electrons. The Bertz CT molecular complexity index is 596. The van der Waals surface area contributed by atoms with Crippen LogP contribution in [0.5, 0.6) is 5.75 Å². The third kappa shape index (κ3) is 3.38. The number of ketones is 1. The van der Waals surface area contributed by atoms with Crippen molar-refractivity contribution >= 4 is 21.7 Å². The normalized spacial score (nSPS) is 10.3. The maximum absolute atomic E-state index is 13.3. The number of Topliss-reactive ketones (excluding diaryl/α,β-unsaturated/α-hetero) is 1. The van der Waals surface area contributed by atoms with Crippen molar-refractivity contribution in [3.63, 3.8) is 0 Å². The van der Waals surface area contributed by atoms with Crippen molar-refractivity contribution in [1.82, 2.24) is 4.98 Å². The Hall–Kier alpha value is -1.75. The van der Waals surface area contributed by atoms with Crippen LogP contribution in [-0.4, -0.2) is 17.9 Å². The van der Waals surface area contributed by atoms with Gasteiger partial charge in [0.2, 0.25) is 0 Å². The van der Waals surface area contributed by atoms with Gasteiger partial charge in [-0.1, -0.05) is 15.9 Å². The fourth-order valence-corrected chi connectivity index (χ4v) is 2.28. The molecule has 0 unspecified atom stereocenters. The second kappa shape index (κ2) is 5.93. The minimum Gasteiger partial charge on any atom is -0.494 e. The zero-order chi connectivity index (χ0) is 13.8. The standard InChI is InChI=1S/C14H11BrFNO2/c1-19-14-8-17-3-2-12(14)13(18)6-9-4-10(15)7-11(16)5-9/h2-5,7-8H,6H2,1H3. The second-order valence-corrected chi connectivity index (χ2v) is 4.87. The lowest BCUT2D eigenvalue weighted by Crippen LogP contribution is -2.06. The number of rotatable bonds is 4. The van der Waals surface area contributed by atoms with Crippen LogP contribution in [0.4, 0.5) is 4.39 Å². The minimum atomic E-state index is -0.376. The SMILES string of the molecule is COc1cnccc1C(=O)Cc1cc(F)cc(Br)c1. The van der Waals surface area contributed by atoms with Crippen molar-refractivity contribution < 1.29 is 13.9 Å². The van der Waals surface area contributed by atoms with E-state index in [0.717, 1.165) is 0 Å². The summed E-state index contributed by atoms with van der Waals surface area (Å²) in [4.78, 5) is 16.1. The molecule has 2 rings (SSSR count). The Kier molecular flexibility index (Phi) is 4.27. The first-order chi connectivity index (χ1) is 9.10. The molecule has 0 aliphatic heterocycles. The molecular weight excluding hydrogens is 313 g/mol. The van der Waals surface area contributed by atoms with Crippen LogP contribution in [0, 0.1) is 5.82 Å². The van der Waals surface area contributed by atoms with Crippen LogP contribution >= 0.6 is 15.9 Å². The van der Waals surface area contributed by atoms with Crippen molar-refractivity contribution in [3.8, 4) is 5.75 Å². The van der Waals surface area contributed by atoms with E-state index in [-0.39, 0.29) is 18.0 Å². The van der Waals surface area contributed by atoms with Gasteiger partial charge >= 0.3 is 0 Å². The minimum absolute atomic E-state index is 0.108. The number of aromatic nitrogens is 1. The van der Waals surface area contributed by atoms with Gasteiger partial charge in [0.1, 0.15) is 11.6 Å². The van der Waals surface area contributed by atoms with Gasteiger partial charge in [0.15, 0.2) is 5.78 Å². The highest BCUT2D eigenvalue weighted by Crippen LogP contribution is 2.20. The molecule has 0 spiro atoms. The third-order valence-corrected chi connectivity index (χ3v) is 3.05. The van der Waals surface area contributed by atoms with Gasteiger partial charge in [-0.15, -0.1) is 0 Å². The van der Waals surface area contributed by atoms with Gasteiger partial charge in [-0.2, -0.15) is 0 Å². The van der Waals surface area contributed by atoms with Crippen molar-refractivity contribution in [2.75, 3.05) is 7.11 Å². The summed E-state index contributed by atoms with van der Waals surface area (Å²) in [7, 11) is 1.48. The quantitative estimate of drug-likeness (QED) is 0.809. The van der Waals surface area contributed by atoms with E-state index in [1.807, 2.05) is 0 Å². The molecule has 0 amide bonds. The predicted octanol–water partition coefficient (Wildman–Crippen LogP) is 3.42. The topological polar surface area (TPSA) is 39.2 Å². The maximum atomic E-state index is 13.3. The van der Waals surface area contributed by atoms with E-state index in [2.05, 4.69) is 20.9 Å². The van der Waals surface area contributed by atoms with Gasteiger partial charge in [-0.05, 0) is 29.8 Å². The maximum Gasteiger partial charge on any atom is 0.171 e. The van der Waals surface area contributed by atoms with Gasteiger partial charge in [0.05, 0.1) is 18.9 Å². The Morgan fingerprint density at radius 3 is 2.89 bits per heavy atom. The molecule has 0 N–H and O–H groups in total. The third-order valence-electron chi connectivity index (χ3n) is 2.59. The smallest absolute Gasteiger partial charge is 0.171 e. The average Bonchev–Trinajstić information content (AvgIpc) is 2.37. The number of hydrogen-bond donors (Lipinski definition) is 0. The molecule has 0 fully saturated rings. The highest BCUT2D eigenvalue weighted by molar-refractivity contribution is 9.10. The molecule has 0 saturated carbocycles. The van der Waals surface area contributed by atoms with E-state index in [0.29, 0.717) is 21.3 Å². The molecule has 0 bridgehead atoms. The van der Waals surface area contributed by atoms with Gasteiger partial charge in [-0.3, -0.25) is 9.78 Å². The molecule has 0 saturated heterocycles. The first-order valence-electron chi connectivity index (χ1n) is 5.56. The van der Waals surface area contributed by atoms with Crippen LogP contribution in [0.25, 0.3) is 0 Å². The van der Waals surface area contributed by atoms with Crippen LogP contribution in [0.2, 0.25) is 0 Å². The first kappa shape index (κ1) is 13.7. The van der Waals surface area contributed by atoms with Gasteiger partial charge in [0, 0.05) is 17.1 Å². The fourth-order valence-electron chi connectivity index (χ4n) is 1.77. The number of benzene rings is 1. The number of halogens is 2. The molecule has 1 aromatic heterocycles. The van der Waals surface area contributed by atoms with Crippen molar-refractivity contribution in [3.05, 3.63) is 58.1 Å². The molecule has 0 radical (unpaired) electrons. The Labute approximate surface area is 118 Å². The summed E-state index contributed by atoms with van der Waals surface area (Å²) in [6.07, 6.45) is 3.11. The van der Waals surface area contributed by atoms with Gasteiger partial charge < -0.3 is 4.74 Å². The number of nitrogens with zero attached hydrogens (tertiary/aromatic N) is 1. The summed E-state index contributed by atoms with van der Waals surface area (Å²) >= 11 is 3.20. The molecule has 2 aromatic rings. The van der Waals surface area contributed by atoms with E-state index in [1.165, 1.54) is 31.6 Å². The Balaban J connectivity index is 2.25. The zero-order valence-electron chi connectivity index (χ0n) is 10.2. The summed E-state index contributed by atoms with van der Waals surface area (Å²) in [6.45, 7) is 0. The Morgan fingerprint density at radius 2 is 2.21 bits per heavy atom. The van der Waals surface area contributed by atoms with Crippen LogP contribution < -0.4 is 4.74 Å². The van der Waals surface area contributed by atoms with Crippen LogP contribution in [-0.2, 0) is 6.42 Å². The highest BCUT2D eigenvalue weighted by atomic mass is 79.9. The number of carbonyl (C=O) groups is 1. The molecule has 19 heavy (non-hydrogen) atoms. The lowest BCUT2D eigenvalue weighted by molar-refractivity contribution is 0.0990. The number of ether oxygens (including phenoxy) is 1. The monoisotopic (exact) mass is 323 g/mol. The number of hydrogen-bond acceptors (Lipinski definition) is 3. The average molecular weight is 324 g/mol. The van der Waals surface area contributed by atoms with Gasteiger partial charge in [0.25, 0.3) is 0 Å². The number of carbonyl (C=O) groups excluding carboxylic acids is 1. The number of pyridine rings is 1. The van der Waals surface area contributed by atoms with Crippen LogP contribution in [0.15, 0.2) is 41.1 Å². The summed E-state index contributed by atoms with van der Waals surface area (Å²) in [5.74, 6) is -0.0985. The molecular formula is C14H11BrFNO2. The summed E-state index contributed by atoms with van der Waals surface area (Å²) in [5, 5.41) is 0. The molecule has 3 nitrogen and oxygen atoms in total. The molecule has 0 aliphatic carbocycles. The summed E-state index contributed by atoms with van der Waals surface area (Å²) in [5.41, 5.74) is 1.05. The molecule has 1 aromatic carbocycles. The number of methoxy groups -OCH3 is 1. The van der Waals surface area contributed by atoms with E-state index >= 15 is 0 Å². The first-order valence-corrected chi connectivity index (χ1v) is 6.35. The van der Waals surface area contributed by atoms with E-state index < -0.39 is 0 Å². The lowest BCUT2D eigenvalue weighted by atomic mass is 10.0. The van der Waals surface area contributed by atoms with Crippen LogP contribution in [0.1, 0.15) is 15.9 Å². The largest absolute Gasteiger partial charge is 0.494 e. The van der Waals surface area contributed by atoms with Crippen molar-refractivity contribution in [1.29, 1.82) is 0 Å². The molecule has 5 heteroatoms. The van der Waals surface area contributed by atoms with Crippen molar-refractivity contribution in [2.24, 2.45) is 0 Å². The molecule has 0 atom stereocenters. The summed E-state index contributed by atoms with van der Waals surface area (Å²) in [6, 6.07) is 6.00. The highest BCUT2D eigenvalue weighted by Gasteiger charge is 2.13.